The van der Waals surface area contributed by atoms with Gasteiger partial charge in [0.2, 0.25) is 11.6 Å². The maximum absolute atomic E-state index is 11.6. The fraction of sp³-hybridized carbons (Fsp3) is 0.375. The fourth-order valence-electron chi connectivity index (χ4n) is 2.79. The number of anilines is 3. The number of aryl methyl sites for hydroxylation is 2. The maximum atomic E-state index is 11.6. The van der Waals surface area contributed by atoms with Crippen LogP contribution in [0.3, 0.4) is 0 Å². The van der Waals surface area contributed by atoms with Crippen molar-refractivity contribution in [2.24, 2.45) is 0 Å². The van der Waals surface area contributed by atoms with Crippen LogP contribution in [0, 0.1) is 24.0 Å². The van der Waals surface area contributed by atoms with E-state index in [0.29, 0.717) is 5.82 Å². The van der Waals surface area contributed by atoms with Gasteiger partial charge in [0.05, 0.1) is 4.92 Å². The summed E-state index contributed by atoms with van der Waals surface area (Å²) in [5, 5.41) is 14.7. The Hall–Kier alpha value is -2.70. The summed E-state index contributed by atoms with van der Waals surface area (Å²) >= 11 is 0. The zero-order chi connectivity index (χ0) is 16.4. The summed E-state index contributed by atoms with van der Waals surface area (Å²) in [6.45, 7) is 5.52. The molecule has 0 bridgehead atoms. The number of hydrogen-bond acceptors (Lipinski definition) is 6. The first-order valence-corrected chi connectivity index (χ1v) is 7.65. The van der Waals surface area contributed by atoms with E-state index in [9.17, 15) is 10.1 Å². The van der Waals surface area contributed by atoms with E-state index in [-0.39, 0.29) is 11.5 Å². The van der Waals surface area contributed by atoms with Gasteiger partial charge in [0.25, 0.3) is 0 Å². The van der Waals surface area contributed by atoms with Crippen molar-refractivity contribution in [3.63, 3.8) is 0 Å². The molecule has 0 unspecified atom stereocenters. The van der Waals surface area contributed by atoms with E-state index in [1.165, 1.54) is 6.33 Å². The first kappa shape index (κ1) is 15.2. The quantitative estimate of drug-likeness (QED) is 0.688. The second-order valence-electron chi connectivity index (χ2n) is 5.79. The molecule has 7 nitrogen and oxygen atoms in total. The molecule has 23 heavy (non-hydrogen) atoms. The molecule has 0 radical (unpaired) electrons. The molecule has 120 valence electrons. The summed E-state index contributed by atoms with van der Waals surface area (Å²) in [5.74, 6) is 0.635. The van der Waals surface area contributed by atoms with Gasteiger partial charge < -0.3 is 10.2 Å². The van der Waals surface area contributed by atoms with E-state index in [0.717, 1.165) is 42.7 Å². The van der Waals surface area contributed by atoms with Crippen LogP contribution in [0.5, 0.6) is 0 Å². The summed E-state index contributed by atoms with van der Waals surface area (Å²) in [4.78, 5) is 21.4. The Morgan fingerprint density at radius 2 is 1.96 bits per heavy atom. The Balaban J connectivity index is 2.03. The van der Waals surface area contributed by atoms with Crippen molar-refractivity contribution in [1.82, 2.24) is 9.97 Å². The molecule has 3 rings (SSSR count). The molecule has 1 N–H and O–H groups in total. The minimum absolute atomic E-state index is 0.0599. The van der Waals surface area contributed by atoms with Crippen LogP contribution in [0.25, 0.3) is 0 Å². The lowest BCUT2D eigenvalue weighted by Crippen LogP contribution is -2.21. The van der Waals surface area contributed by atoms with Crippen LogP contribution < -0.4 is 10.2 Å². The van der Waals surface area contributed by atoms with E-state index in [4.69, 9.17) is 0 Å². The van der Waals surface area contributed by atoms with Crippen LogP contribution in [0.2, 0.25) is 0 Å². The number of nitrogens with zero attached hydrogens (tertiary/aromatic N) is 4. The van der Waals surface area contributed by atoms with E-state index in [2.05, 4.69) is 15.3 Å². The van der Waals surface area contributed by atoms with Crippen LogP contribution in [0.15, 0.2) is 24.5 Å². The summed E-state index contributed by atoms with van der Waals surface area (Å²) in [6.07, 6.45) is 3.44. The van der Waals surface area contributed by atoms with Gasteiger partial charge in [0.1, 0.15) is 6.33 Å². The van der Waals surface area contributed by atoms with Gasteiger partial charge in [0, 0.05) is 18.8 Å². The summed E-state index contributed by atoms with van der Waals surface area (Å²) < 4.78 is 0. The van der Waals surface area contributed by atoms with Gasteiger partial charge in [-0.05, 0) is 43.9 Å². The molecule has 1 aliphatic heterocycles. The van der Waals surface area contributed by atoms with Crippen molar-refractivity contribution in [3.8, 4) is 0 Å². The van der Waals surface area contributed by atoms with Gasteiger partial charge in [-0.15, -0.1) is 0 Å². The Morgan fingerprint density at radius 1 is 1.22 bits per heavy atom. The largest absolute Gasteiger partial charge is 0.353 e. The minimum Gasteiger partial charge on any atom is -0.351 e. The molecule has 1 aliphatic rings. The highest BCUT2D eigenvalue weighted by atomic mass is 16.6. The summed E-state index contributed by atoms with van der Waals surface area (Å²) in [6, 6.07) is 5.94. The molecule has 7 heteroatoms. The van der Waals surface area contributed by atoms with Gasteiger partial charge in [-0.2, -0.15) is 0 Å². The summed E-state index contributed by atoms with van der Waals surface area (Å²) in [7, 11) is 0. The SMILES string of the molecule is Cc1ccc(C)c(Nc2ncnc(N3CCCC3)c2[N+](=O)[O-])c1. The van der Waals surface area contributed by atoms with Crippen molar-refractivity contribution in [1.29, 1.82) is 0 Å². The molecule has 0 spiro atoms. The molecule has 2 heterocycles. The monoisotopic (exact) mass is 313 g/mol. The standard InChI is InChI=1S/C16H19N5O2/c1-11-5-6-12(2)13(9-11)19-15-14(21(22)23)16(18-10-17-15)20-7-3-4-8-20/h5-6,9-10H,3-4,7-8H2,1-2H3,(H,17,18,19). The van der Waals surface area contributed by atoms with Crippen LogP contribution in [0.1, 0.15) is 24.0 Å². The van der Waals surface area contributed by atoms with Gasteiger partial charge in [-0.1, -0.05) is 12.1 Å². The van der Waals surface area contributed by atoms with Crippen molar-refractivity contribution in [3.05, 3.63) is 45.8 Å². The molecule has 2 aromatic rings. The summed E-state index contributed by atoms with van der Waals surface area (Å²) in [5.41, 5.74) is 2.84. The lowest BCUT2D eigenvalue weighted by atomic mass is 10.1. The smallest absolute Gasteiger partial charge is 0.351 e. The molecular weight excluding hydrogens is 294 g/mol. The second kappa shape index (κ2) is 6.20. The van der Waals surface area contributed by atoms with E-state index in [1.807, 2.05) is 36.9 Å². The topological polar surface area (TPSA) is 84.2 Å². The van der Waals surface area contributed by atoms with E-state index >= 15 is 0 Å². The van der Waals surface area contributed by atoms with Gasteiger partial charge >= 0.3 is 5.69 Å². The fourth-order valence-corrected chi connectivity index (χ4v) is 2.79. The van der Waals surface area contributed by atoms with Crippen LogP contribution in [0.4, 0.5) is 23.0 Å². The third-order valence-electron chi connectivity index (χ3n) is 4.04. The lowest BCUT2D eigenvalue weighted by Gasteiger charge is -2.17. The zero-order valence-electron chi connectivity index (χ0n) is 13.2. The normalized spacial score (nSPS) is 14.1. The molecular formula is C16H19N5O2. The highest BCUT2D eigenvalue weighted by Crippen LogP contribution is 2.35. The zero-order valence-corrected chi connectivity index (χ0v) is 13.2. The Bertz CT molecular complexity index is 741. The van der Waals surface area contributed by atoms with Crippen molar-refractivity contribution in [2.75, 3.05) is 23.3 Å². The number of aromatic nitrogens is 2. The first-order chi connectivity index (χ1) is 11.1. The van der Waals surface area contributed by atoms with E-state index in [1.54, 1.807) is 0 Å². The third kappa shape index (κ3) is 3.08. The van der Waals surface area contributed by atoms with Gasteiger partial charge in [-0.3, -0.25) is 10.1 Å². The van der Waals surface area contributed by atoms with Crippen LogP contribution >= 0.6 is 0 Å². The molecule has 1 aromatic heterocycles. The minimum atomic E-state index is -0.402. The number of nitro groups is 1. The lowest BCUT2D eigenvalue weighted by molar-refractivity contribution is -0.383. The Morgan fingerprint density at radius 3 is 2.65 bits per heavy atom. The highest BCUT2D eigenvalue weighted by molar-refractivity contribution is 5.75. The number of nitrogens with one attached hydrogen (secondary N) is 1. The average Bonchev–Trinajstić information content (AvgIpc) is 3.04. The molecule has 1 aromatic carbocycles. The molecule has 0 saturated carbocycles. The van der Waals surface area contributed by atoms with Crippen LogP contribution in [-0.2, 0) is 0 Å². The van der Waals surface area contributed by atoms with Crippen molar-refractivity contribution < 1.29 is 4.92 Å². The van der Waals surface area contributed by atoms with Crippen LogP contribution in [-0.4, -0.2) is 28.0 Å². The molecule has 0 aliphatic carbocycles. The Kier molecular flexibility index (Phi) is 4.10. The van der Waals surface area contributed by atoms with Crippen molar-refractivity contribution >= 4 is 23.0 Å². The first-order valence-electron chi connectivity index (χ1n) is 7.65. The molecule has 0 amide bonds. The molecule has 1 saturated heterocycles. The maximum Gasteiger partial charge on any atom is 0.353 e. The predicted octanol–water partition coefficient (Wildman–Crippen LogP) is 3.35. The average molecular weight is 313 g/mol. The third-order valence-corrected chi connectivity index (χ3v) is 4.04. The van der Waals surface area contributed by atoms with E-state index < -0.39 is 4.92 Å². The number of benzene rings is 1. The molecule has 1 fully saturated rings. The second-order valence-corrected chi connectivity index (χ2v) is 5.79. The van der Waals surface area contributed by atoms with Crippen molar-refractivity contribution in [2.45, 2.75) is 26.7 Å². The molecule has 0 atom stereocenters. The Labute approximate surface area is 134 Å². The number of hydrogen-bond donors (Lipinski definition) is 1. The predicted molar refractivity (Wildman–Crippen MR) is 89.3 cm³/mol. The number of rotatable bonds is 4. The van der Waals surface area contributed by atoms with Gasteiger partial charge in [0.15, 0.2) is 0 Å². The van der Waals surface area contributed by atoms with Gasteiger partial charge in [-0.25, -0.2) is 9.97 Å². The highest BCUT2D eigenvalue weighted by Gasteiger charge is 2.28.